The molecule has 0 aliphatic heterocycles. The summed E-state index contributed by atoms with van der Waals surface area (Å²) in [5.41, 5.74) is 0. The summed E-state index contributed by atoms with van der Waals surface area (Å²) >= 11 is 3.81. The lowest BCUT2D eigenvalue weighted by Gasteiger charge is -2.03. The van der Waals surface area contributed by atoms with E-state index < -0.39 is 11.6 Å². The van der Waals surface area contributed by atoms with Gasteiger partial charge >= 0.3 is 0 Å². The molecule has 0 atom stereocenters. The largest absolute Gasteiger partial charge is 0.493 e. The van der Waals surface area contributed by atoms with E-state index in [9.17, 15) is 8.78 Å². The van der Waals surface area contributed by atoms with Gasteiger partial charge in [0.15, 0.2) is 11.6 Å². The van der Waals surface area contributed by atoms with Crippen molar-refractivity contribution in [2.45, 2.75) is 4.90 Å². The van der Waals surface area contributed by atoms with E-state index in [1.54, 1.807) is 0 Å². The number of rotatable bonds is 1. The number of hydrogen-bond donors (Lipinski definition) is 1. The minimum atomic E-state index is -0.738. The van der Waals surface area contributed by atoms with Crippen molar-refractivity contribution in [1.82, 2.24) is 0 Å². The highest BCUT2D eigenvalue weighted by atomic mass is 32.1. The minimum Gasteiger partial charge on any atom is -0.493 e. The van der Waals surface area contributed by atoms with Crippen molar-refractivity contribution in [3.8, 4) is 5.75 Å². The predicted octanol–water partition coefficient (Wildman–Crippen LogP) is 2.26. The lowest BCUT2D eigenvalue weighted by atomic mass is 10.3. The fourth-order valence-electron chi connectivity index (χ4n) is 0.749. The lowest BCUT2D eigenvalue weighted by molar-refractivity contribution is 0.373. The first kappa shape index (κ1) is 8.33. The van der Waals surface area contributed by atoms with Gasteiger partial charge in [-0.25, -0.2) is 8.78 Å². The average molecular weight is 176 g/mol. The average Bonchev–Trinajstić information content (AvgIpc) is 1.85. The second kappa shape index (κ2) is 3.09. The molecule has 0 amide bonds. The maximum Gasteiger partial charge on any atom is 0.169 e. The zero-order chi connectivity index (χ0) is 8.43. The van der Waals surface area contributed by atoms with Gasteiger partial charge in [-0.3, -0.25) is 0 Å². The number of thiol groups is 1. The van der Waals surface area contributed by atoms with E-state index in [-0.39, 0.29) is 10.6 Å². The molecule has 0 bridgehead atoms. The molecule has 60 valence electrons. The Bertz CT molecular complexity index is 252. The molecule has 0 saturated heterocycles. The molecule has 0 aliphatic carbocycles. The van der Waals surface area contributed by atoms with E-state index in [0.29, 0.717) is 0 Å². The van der Waals surface area contributed by atoms with Gasteiger partial charge in [-0.05, 0) is 6.07 Å². The molecule has 0 fully saturated rings. The zero-order valence-corrected chi connectivity index (χ0v) is 6.66. The highest BCUT2D eigenvalue weighted by molar-refractivity contribution is 7.80. The predicted molar refractivity (Wildman–Crippen MR) is 40.2 cm³/mol. The molecular formula is C7H6F2OS. The summed E-state index contributed by atoms with van der Waals surface area (Å²) in [6.45, 7) is 0. The highest BCUT2D eigenvalue weighted by Crippen LogP contribution is 2.26. The Kier molecular flexibility index (Phi) is 2.34. The standard InChI is InChI=1S/C7H6F2OS/c1-10-7-5(9)2-4(8)3-6(7)11/h2-3,11H,1H3. The first-order valence-electron chi connectivity index (χ1n) is 2.87. The number of benzene rings is 1. The van der Waals surface area contributed by atoms with E-state index in [1.165, 1.54) is 7.11 Å². The molecule has 0 aromatic heterocycles. The maximum atomic E-state index is 12.7. The Morgan fingerprint density at radius 3 is 2.45 bits per heavy atom. The van der Waals surface area contributed by atoms with Gasteiger partial charge in [-0.1, -0.05) is 0 Å². The first-order chi connectivity index (χ1) is 5.15. The molecule has 1 aromatic rings. The summed E-state index contributed by atoms with van der Waals surface area (Å²) in [5.74, 6) is -1.43. The van der Waals surface area contributed by atoms with E-state index in [2.05, 4.69) is 17.4 Å². The van der Waals surface area contributed by atoms with Crippen LogP contribution in [-0.4, -0.2) is 7.11 Å². The summed E-state index contributed by atoms with van der Waals surface area (Å²) in [4.78, 5) is 0.157. The second-order valence-corrected chi connectivity index (χ2v) is 2.42. The van der Waals surface area contributed by atoms with Gasteiger partial charge in [0, 0.05) is 6.07 Å². The molecule has 0 aliphatic rings. The van der Waals surface area contributed by atoms with Crippen molar-refractivity contribution < 1.29 is 13.5 Å². The number of halogens is 2. The molecule has 0 unspecified atom stereocenters. The molecule has 1 rings (SSSR count). The Labute approximate surface area is 68.4 Å². The molecule has 11 heavy (non-hydrogen) atoms. The first-order valence-corrected chi connectivity index (χ1v) is 3.32. The molecule has 0 spiro atoms. The van der Waals surface area contributed by atoms with Crippen LogP contribution in [0.4, 0.5) is 8.78 Å². The van der Waals surface area contributed by atoms with Crippen LogP contribution in [0.15, 0.2) is 17.0 Å². The van der Waals surface area contributed by atoms with E-state index in [0.717, 1.165) is 12.1 Å². The third-order valence-corrected chi connectivity index (χ3v) is 1.53. The van der Waals surface area contributed by atoms with Crippen LogP contribution in [0.5, 0.6) is 5.75 Å². The van der Waals surface area contributed by atoms with Crippen molar-refractivity contribution >= 4 is 12.6 Å². The van der Waals surface area contributed by atoms with Crippen LogP contribution in [-0.2, 0) is 0 Å². The quantitative estimate of drug-likeness (QED) is 0.646. The number of ether oxygens (including phenoxy) is 1. The van der Waals surface area contributed by atoms with Gasteiger partial charge in [-0.2, -0.15) is 0 Å². The van der Waals surface area contributed by atoms with Gasteiger partial charge < -0.3 is 4.74 Å². The summed E-state index contributed by atoms with van der Waals surface area (Å²) < 4.78 is 29.7. The van der Waals surface area contributed by atoms with Gasteiger partial charge in [0.2, 0.25) is 0 Å². The summed E-state index contributed by atoms with van der Waals surface area (Å²) in [5, 5.41) is 0. The molecular weight excluding hydrogens is 170 g/mol. The van der Waals surface area contributed by atoms with Crippen LogP contribution >= 0.6 is 12.6 Å². The lowest BCUT2D eigenvalue weighted by Crippen LogP contribution is -1.90. The minimum absolute atomic E-state index is 0.0327. The van der Waals surface area contributed by atoms with Crippen LogP contribution in [0.2, 0.25) is 0 Å². The summed E-state index contributed by atoms with van der Waals surface area (Å²) in [6, 6.07) is 1.84. The third kappa shape index (κ3) is 1.63. The monoisotopic (exact) mass is 176 g/mol. The summed E-state index contributed by atoms with van der Waals surface area (Å²) in [7, 11) is 1.30. The van der Waals surface area contributed by atoms with Gasteiger partial charge in [0.1, 0.15) is 5.82 Å². The van der Waals surface area contributed by atoms with E-state index >= 15 is 0 Å². The zero-order valence-electron chi connectivity index (χ0n) is 5.77. The fraction of sp³-hybridized carbons (Fsp3) is 0.143. The number of hydrogen-bond acceptors (Lipinski definition) is 2. The molecule has 0 radical (unpaired) electrons. The van der Waals surface area contributed by atoms with Crippen LogP contribution in [0, 0.1) is 11.6 Å². The molecule has 0 N–H and O–H groups in total. The Morgan fingerprint density at radius 2 is 2.00 bits per heavy atom. The topological polar surface area (TPSA) is 9.23 Å². The molecule has 0 saturated carbocycles. The molecule has 4 heteroatoms. The van der Waals surface area contributed by atoms with Gasteiger partial charge in [0.25, 0.3) is 0 Å². The van der Waals surface area contributed by atoms with Crippen molar-refractivity contribution in [1.29, 1.82) is 0 Å². The number of methoxy groups -OCH3 is 1. The Morgan fingerprint density at radius 1 is 1.36 bits per heavy atom. The van der Waals surface area contributed by atoms with Crippen molar-refractivity contribution in [3.63, 3.8) is 0 Å². The Balaban J connectivity index is 3.25. The van der Waals surface area contributed by atoms with E-state index in [1.807, 2.05) is 0 Å². The Hall–Kier alpha value is -0.770. The molecule has 0 heterocycles. The third-order valence-electron chi connectivity index (χ3n) is 1.19. The van der Waals surface area contributed by atoms with Gasteiger partial charge in [-0.15, -0.1) is 12.6 Å². The van der Waals surface area contributed by atoms with E-state index in [4.69, 9.17) is 0 Å². The van der Waals surface area contributed by atoms with Crippen molar-refractivity contribution in [3.05, 3.63) is 23.8 Å². The normalized spacial score (nSPS) is 9.82. The summed E-state index contributed by atoms with van der Waals surface area (Å²) in [6.07, 6.45) is 0. The van der Waals surface area contributed by atoms with Crippen LogP contribution in [0.1, 0.15) is 0 Å². The van der Waals surface area contributed by atoms with Crippen LogP contribution < -0.4 is 4.74 Å². The molecule has 1 nitrogen and oxygen atoms in total. The van der Waals surface area contributed by atoms with Crippen LogP contribution in [0.25, 0.3) is 0 Å². The van der Waals surface area contributed by atoms with Gasteiger partial charge in [0.05, 0.1) is 12.0 Å². The smallest absolute Gasteiger partial charge is 0.169 e. The SMILES string of the molecule is COc1c(F)cc(F)cc1S. The fourth-order valence-corrected chi connectivity index (χ4v) is 1.07. The maximum absolute atomic E-state index is 12.7. The highest BCUT2D eigenvalue weighted by Gasteiger charge is 2.07. The van der Waals surface area contributed by atoms with Crippen LogP contribution in [0.3, 0.4) is 0 Å². The van der Waals surface area contributed by atoms with Crippen molar-refractivity contribution in [2.75, 3.05) is 7.11 Å². The second-order valence-electron chi connectivity index (χ2n) is 1.94. The molecule has 1 aromatic carbocycles. The van der Waals surface area contributed by atoms with Crippen molar-refractivity contribution in [2.24, 2.45) is 0 Å².